The average Bonchev–Trinajstić information content (AvgIpc) is 3.31. The maximum atomic E-state index is 12.4. The lowest BCUT2D eigenvalue weighted by Crippen LogP contribution is -2.48. The van der Waals surface area contributed by atoms with Crippen molar-refractivity contribution in [3.05, 3.63) is 66.2 Å². The highest BCUT2D eigenvalue weighted by molar-refractivity contribution is 5.83. The van der Waals surface area contributed by atoms with Crippen LogP contribution in [0.3, 0.4) is 0 Å². The van der Waals surface area contributed by atoms with Crippen LogP contribution >= 0.6 is 0 Å². The summed E-state index contributed by atoms with van der Waals surface area (Å²) in [6.07, 6.45) is 6.92. The summed E-state index contributed by atoms with van der Waals surface area (Å²) in [6.45, 7) is 3.76. The number of benzene rings is 2. The summed E-state index contributed by atoms with van der Waals surface area (Å²) in [5, 5.41) is 5.65. The number of nitrogens with zero attached hydrogens (tertiary/aromatic N) is 3. The molecule has 6 nitrogen and oxygen atoms in total. The number of carbonyl (C=O) groups is 1. The van der Waals surface area contributed by atoms with Crippen LogP contribution in [-0.2, 0) is 17.8 Å². The number of H-pyrrole nitrogens is 1. The number of aromatic nitrogens is 2. The first-order chi connectivity index (χ1) is 15.6. The van der Waals surface area contributed by atoms with E-state index < -0.39 is 0 Å². The summed E-state index contributed by atoms with van der Waals surface area (Å²) in [5.41, 5.74) is 2.41. The Labute approximate surface area is 191 Å². The zero-order valence-corrected chi connectivity index (χ0v) is 19.3. The zero-order chi connectivity index (χ0) is 22.3. The number of carbonyl (C=O) groups excluding carboxylic acids is 1. The van der Waals surface area contributed by atoms with Crippen LogP contribution in [0.5, 0.6) is 0 Å². The number of rotatable bonds is 9. The monoisotopic (exact) mass is 433 g/mol. The van der Waals surface area contributed by atoms with Gasteiger partial charge in [0.25, 0.3) is 0 Å². The number of aromatic amines is 1. The van der Waals surface area contributed by atoms with Crippen LogP contribution in [0.2, 0.25) is 0 Å². The van der Waals surface area contributed by atoms with Gasteiger partial charge in [-0.15, -0.1) is 0 Å². The Balaban J connectivity index is 1.30. The van der Waals surface area contributed by atoms with Crippen LogP contribution in [-0.4, -0.2) is 65.4 Å². The predicted octanol–water partition coefficient (Wildman–Crippen LogP) is 3.45. The number of amides is 1. The Morgan fingerprint density at radius 2 is 2.06 bits per heavy atom. The fourth-order valence-corrected chi connectivity index (χ4v) is 4.96. The minimum atomic E-state index is 0.147. The van der Waals surface area contributed by atoms with Crippen LogP contribution in [0.4, 0.5) is 0 Å². The molecule has 1 aliphatic heterocycles. The lowest BCUT2D eigenvalue weighted by molar-refractivity contribution is -0.121. The first-order valence-electron chi connectivity index (χ1n) is 11.7. The molecule has 2 atom stereocenters. The number of fused-ring (bicyclic) bond motifs is 1. The Morgan fingerprint density at radius 3 is 2.84 bits per heavy atom. The number of imidazole rings is 1. The standard InChI is InChI=1S/C26H35N5O/c1-30(2)25-12-14-31(17-20-7-8-21-5-3-4-6-22(21)15-20)18-23(25)9-10-26(32)28-13-11-24-16-27-19-29-24/h3-8,15-16,19,23,25H,9-14,17-18H2,1-2H3,(H,27,29)(H,28,32)/t23-,25+/m0/s1. The molecule has 2 N–H and O–H groups in total. The zero-order valence-electron chi connectivity index (χ0n) is 19.3. The van der Waals surface area contributed by atoms with Gasteiger partial charge < -0.3 is 15.2 Å². The Bertz CT molecular complexity index is 1000. The van der Waals surface area contributed by atoms with E-state index in [1.165, 1.54) is 16.3 Å². The van der Waals surface area contributed by atoms with Crippen molar-refractivity contribution in [1.29, 1.82) is 0 Å². The Morgan fingerprint density at radius 1 is 1.22 bits per heavy atom. The summed E-state index contributed by atoms with van der Waals surface area (Å²) in [7, 11) is 4.34. The van der Waals surface area contributed by atoms with Gasteiger partial charge in [-0.3, -0.25) is 9.69 Å². The molecule has 3 aromatic rings. The first kappa shape index (κ1) is 22.5. The molecule has 0 bridgehead atoms. The van der Waals surface area contributed by atoms with Gasteiger partial charge in [-0.25, -0.2) is 4.98 Å². The van der Waals surface area contributed by atoms with Gasteiger partial charge in [0.05, 0.1) is 6.33 Å². The van der Waals surface area contributed by atoms with Crippen molar-refractivity contribution in [3.63, 3.8) is 0 Å². The van der Waals surface area contributed by atoms with Crippen molar-refractivity contribution in [2.24, 2.45) is 5.92 Å². The number of hydrogen-bond acceptors (Lipinski definition) is 4. The second-order valence-electron chi connectivity index (χ2n) is 9.21. The number of hydrogen-bond donors (Lipinski definition) is 2. The van der Waals surface area contributed by atoms with Gasteiger partial charge >= 0.3 is 0 Å². The van der Waals surface area contributed by atoms with E-state index in [4.69, 9.17) is 0 Å². The molecule has 1 aromatic heterocycles. The fourth-order valence-electron chi connectivity index (χ4n) is 4.96. The van der Waals surface area contributed by atoms with Crippen molar-refractivity contribution >= 4 is 16.7 Å². The van der Waals surface area contributed by atoms with Crippen LogP contribution in [0.1, 0.15) is 30.5 Å². The number of likely N-dealkylation sites (tertiary alicyclic amines) is 1. The van der Waals surface area contributed by atoms with Gasteiger partial charge in [-0.2, -0.15) is 0 Å². The van der Waals surface area contributed by atoms with Gasteiger partial charge in [0.15, 0.2) is 0 Å². The molecule has 1 fully saturated rings. The molecule has 32 heavy (non-hydrogen) atoms. The van der Waals surface area contributed by atoms with Gasteiger partial charge in [-0.1, -0.05) is 36.4 Å². The van der Waals surface area contributed by atoms with Gasteiger partial charge in [-0.05, 0) is 61.8 Å². The highest BCUT2D eigenvalue weighted by Gasteiger charge is 2.30. The molecule has 170 valence electrons. The molecule has 0 unspecified atom stereocenters. The van der Waals surface area contributed by atoms with Gasteiger partial charge in [0.1, 0.15) is 0 Å². The summed E-state index contributed by atoms with van der Waals surface area (Å²) in [5.74, 6) is 0.645. The van der Waals surface area contributed by atoms with E-state index in [1.54, 1.807) is 12.5 Å². The molecule has 0 saturated carbocycles. The van der Waals surface area contributed by atoms with Crippen molar-refractivity contribution in [3.8, 4) is 0 Å². The molecule has 2 aromatic carbocycles. The van der Waals surface area contributed by atoms with Gasteiger partial charge in [0.2, 0.25) is 5.91 Å². The van der Waals surface area contributed by atoms with E-state index >= 15 is 0 Å². The second-order valence-corrected chi connectivity index (χ2v) is 9.21. The van der Waals surface area contributed by atoms with Crippen molar-refractivity contribution in [1.82, 2.24) is 25.1 Å². The third-order valence-corrected chi connectivity index (χ3v) is 6.67. The topological polar surface area (TPSA) is 64.3 Å². The summed E-state index contributed by atoms with van der Waals surface area (Å²) < 4.78 is 0. The second kappa shape index (κ2) is 10.7. The van der Waals surface area contributed by atoms with Crippen molar-refractivity contribution in [2.75, 3.05) is 33.7 Å². The highest BCUT2D eigenvalue weighted by atomic mass is 16.1. The summed E-state index contributed by atoms with van der Waals surface area (Å²) in [6, 6.07) is 15.9. The molecule has 0 radical (unpaired) electrons. The SMILES string of the molecule is CN(C)[C@@H]1CCN(Cc2ccc3ccccc3c2)C[C@@H]1CCC(=O)NCCc1cnc[nH]1. The molecular formula is C26H35N5O. The van der Waals surface area contributed by atoms with Gasteiger partial charge in [0, 0.05) is 50.4 Å². The quantitative estimate of drug-likeness (QED) is 0.543. The van der Waals surface area contributed by atoms with Crippen LogP contribution < -0.4 is 5.32 Å². The molecule has 0 spiro atoms. The lowest BCUT2D eigenvalue weighted by Gasteiger charge is -2.41. The fraction of sp³-hybridized carbons (Fsp3) is 0.462. The van der Waals surface area contributed by atoms with Crippen LogP contribution in [0.15, 0.2) is 55.0 Å². The minimum Gasteiger partial charge on any atom is -0.356 e. The van der Waals surface area contributed by atoms with E-state index in [1.807, 2.05) is 0 Å². The minimum absolute atomic E-state index is 0.147. The van der Waals surface area contributed by atoms with E-state index in [-0.39, 0.29) is 5.91 Å². The lowest BCUT2D eigenvalue weighted by atomic mass is 9.87. The van der Waals surface area contributed by atoms with E-state index in [0.29, 0.717) is 24.9 Å². The van der Waals surface area contributed by atoms with E-state index in [9.17, 15) is 4.79 Å². The third-order valence-electron chi connectivity index (χ3n) is 6.67. The molecule has 4 rings (SSSR count). The molecule has 6 heteroatoms. The van der Waals surface area contributed by atoms with E-state index in [0.717, 1.165) is 44.6 Å². The molecular weight excluding hydrogens is 398 g/mol. The Hall–Kier alpha value is -2.70. The number of piperidine rings is 1. The molecule has 2 heterocycles. The molecule has 1 amide bonds. The summed E-state index contributed by atoms with van der Waals surface area (Å²) in [4.78, 5) is 24.4. The maximum absolute atomic E-state index is 12.4. The smallest absolute Gasteiger partial charge is 0.220 e. The predicted molar refractivity (Wildman–Crippen MR) is 129 cm³/mol. The van der Waals surface area contributed by atoms with Crippen molar-refractivity contribution < 1.29 is 4.79 Å². The average molecular weight is 434 g/mol. The summed E-state index contributed by atoms with van der Waals surface area (Å²) >= 11 is 0. The van der Waals surface area contributed by atoms with Crippen LogP contribution in [0, 0.1) is 5.92 Å². The maximum Gasteiger partial charge on any atom is 0.220 e. The first-order valence-corrected chi connectivity index (χ1v) is 11.7. The Kier molecular flexibility index (Phi) is 7.55. The molecule has 0 aliphatic carbocycles. The largest absolute Gasteiger partial charge is 0.356 e. The normalized spacial score (nSPS) is 19.5. The van der Waals surface area contributed by atoms with E-state index in [2.05, 4.69) is 81.6 Å². The van der Waals surface area contributed by atoms with Crippen LogP contribution in [0.25, 0.3) is 10.8 Å². The highest BCUT2D eigenvalue weighted by Crippen LogP contribution is 2.26. The third kappa shape index (κ3) is 5.96. The van der Waals surface area contributed by atoms with Crippen molar-refractivity contribution in [2.45, 2.75) is 38.3 Å². The number of nitrogens with one attached hydrogen (secondary N) is 2. The molecule has 1 aliphatic rings. The molecule has 1 saturated heterocycles.